The van der Waals surface area contributed by atoms with E-state index in [1.165, 1.54) is 0 Å². The van der Waals surface area contributed by atoms with Crippen LogP contribution in [0.4, 0.5) is 0 Å². The fourth-order valence-electron chi connectivity index (χ4n) is 3.77. The molecule has 0 aliphatic carbocycles. The highest BCUT2D eigenvalue weighted by Crippen LogP contribution is 2.21. The lowest BCUT2D eigenvalue weighted by atomic mass is 10.1. The molecule has 4 aromatic rings. The van der Waals surface area contributed by atoms with E-state index in [2.05, 4.69) is 13.8 Å². The highest BCUT2D eigenvalue weighted by molar-refractivity contribution is 5.94. The summed E-state index contributed by atoms with van der Waals surface area (Å²) in [4.78, 5) is 14.9. The third kappa shape index (κ3) is 3.66. The highest BCUT2D eigenvalue weighted by Gasteiger charge is 2.19. The first kappa shape index (κ1) is 19.7. The maximum absolute atomic E-state index is 13.2. The van der Waals surface area contributed by atoms with E-state index in [0.29, 0.717) is 12.1 Å². The highest BCUT2D eigenvalue weighted by atomic mass is 16.2. The predicted octanol–water partition coefficient (Wildman–Crippen LogP) is 4.86. The van der Waals surface area contributed by atoms with Gasteiger partial charge in [-0.25, -0.2) is 4.68 Å². The van der Waals surface area contributed by atoms with Crippen molar-refractivity contribution < 1.29 is 4.79 Å². The van der Waals surface area contributed by atoms with Gasteiger partial charge < -0.3 is 9.47 Å². The molecule has 2 aromatic carbocycles. The molecule has 0 atom stereocenters. The molecule has 0 aliphatic heterocycles. The minimum Gasteiger partial charge on any atom is -0.337 e. The van der Waals surface area contributed by atoms with Gasteiger partial charge in [-0.2, -0.15) is 5.10 Å². The lowest BCUT2D eigenvalue weighted by molar-refractivity contribution is 0.0784. The van der Waals surface area contributed by atoms with E-state index in [4.69, 9.17) is 5.10 Å². The molecule has 152 valence electrons. The van der Waals surface area contributed by atoms with Gasteiger partial charge in [0, 0.05) is 48.5 Å². The van der Waals surface area contributed by atoms with Crippen LogP contribution >= 0.6 is 0 Å². The fraction of sp³-hybridized carbons (Fsp3) is 0.200. The van der Waals surface area contributed by atoms with E-state index >= 15 is 0 Å². The molecule has 0 bridgehead atoms. The van der Waals surface area contributed by atoms with Gasteiger partial charge in [-0.3, -0.25) is 4.79 Å². The summed E-state index contributed by atoms with van der Waals surface area (Å²) >= 11 is 0. The van der Waals surface area contributed by atoms with Gasteiger partial charge in [-0.05, 0) is 62.7 Å². The molecular weight excluding hydrogens is 372 g/mol. The smallest absolute Gasteiger partial charge is 0.253 e. The Morgan fingerprint density at radius 1 is 0.967 bits per heavy atom. The quantitative estimate of drug-likeness (QED) is 0.482. The number of aryl methyl sites for hydroxylation is 2. The second-order valence-corrected chi connectivity index (χ2v) is 7.65. The van der Waals surface area contributed by atoms with Crippen LogP contribution in [0.15, 0.2) is 73.1 Å². The Labute approximate surface area is 177 Å². The summed E-state index contributed by atoms with van der Waals surface area (Å²) in [5.74, 6) is -0.00494. The standard InChI is InChI=1S/C25H26N4O/c1-18-12-13-21(16-24(18)28-14-8-9-15-28)25(30)27(4)17-23-19(2)26-29(20(23)3)22-10-6-5-7-11-22/h5-16H,17H2,1-4H3. The molecule has 2 heterocycles. The van der Waals surface area contributed by atoms with Crippen LogP contribution in [0.2, 0.25) is 0 Å². The Balaban J connectivity index is 1.59. The normalized spacial score (nSPS) is 10.9. The maximum atomic E-state index is 13.2. The van der Waals surface area contributed by atoms with Crippen LogP contribution < -0.4 is 0 Å². The second-order valence-electron chi connectivity index (χ2n) is 7.65. The van der Waals surface area contributed by atoms with E-state index in [0.717, 1.165) is 33.9 Å². The lowest BCUT2D eigenvalue weighted by Gasteiger charge is -2.19. The molecule has 0 saturated heterocycles. The number of amides is 1. The van der Waals surface area contributed by atoms with E-state index in [9.17, 15) is 4.79 Å². The van der Waals surface area contributed by atoms with Crippen molar-refractivity contribution >= 4 is 5.91 Å². The van der Waals surface area contributed by atoms with E-state index in [-0.39, 0.29) is 5.91 Å². The SMILES string of the molecule is Cc1ccc(C(=O)N(C)Cc2c(C)nn(-c3ccccc3)c2C)cc1-n1cccc1. The van der Waals surface area contributed by atoms with E-state index in [1.54, 1.807) is 4.90 Å². The number of hydrogen-bond donors (Lipinski definition) is 0. The molecular formula is C25H26N4O. The Morgan fingerprint density at radius 2 is 1.67 bits per heavy atom. The van der Waals surface area contributed by atoms with Crippen LogP contribution in [-0.2, 0) is 6.54 Å². The molecule has 1 amide bonds. The summed E-state index contributed by atoms with van der Waals surface area (Å²) < 4.78 is 3.98. The molecule has 0 N–H and O–H groups in total. The van der Waals surface area contributed by atoms with Gasteiger partial charge in [0.2, 0.25) is 0 Å². The largest absolute Gasteiger partial charge is 0.337 e. The van der Waals surface area contributed by atoms with Gasteiger partial charge in [0.05, 0.1) is 11.4 Å². The van der Waals surface area contributed by atoms with Crippen LogP contribution in [0.1, 0.15) is 32.9 Å². The van der Waals surface area contributed by atoms with Gasteiger partial charge in [-0.15, -0.1) is 0 Å². The van der Waals surface area contributed by atoms with Crippen LogP contribution in [0.3, 0.4) is 0 Å². The predicted molar refractivity (Wildman–Crippen MR) is 119 cm³/mol. The molecule has 0 fully saturated rings. The zero-order valence-electron chi connectivity index (χ0n) is 17.8. The Kier molecular flexibility index (Phi) is 5.27. The molecule has 5 heteroatoms. The number of carbonyl (C=O) groups excluding carboxylic acids is 1. The van der Waals surface area contributed by atoms with Crippen LogP contribution in [0.25, 0.3) is 11.4 Å². The van der Waals surface area contributed by atoms with Crippen molar-refractivity contribution in [2.75, 3.05) is 7.05 Å². The molecule has 0 radical (unpaired) electrons. The van der Waals surface area contributed by atoms with Crippen molar-refractivity contribution in [1.82, 2.24) is 19.2 Å². The number of nitrogens with zero attached hydrogens (tertiary/aromatic N) is 4. The van der Waals surface area contributed by atoms with Crippen molar-refractivity contribution in [2.24, 2.45) is 0 Å². The summed E-state index contributed by atoms with van der Waals surface area (Å²) in [7, 11) is 1.84. The summed E-state index contributed by atoms with van der Waals surface area (Å²) in [6.45, 7) is 6.61. The number of aromatic nitrogens is 3. The number of para-hydroxylation sites is 1. The van der Waals surface area contributed by atoms with Crippen molar-refractivity contribution in [3.05, 3.63) is 101 Å². The summed E-state index contributed by atoms with van der Waals surface area (Å²) in [6, 6.07) is 19.9. The molecule has 2 aromatic heterocycles. The number of carbonyl (C=O) groups is 1. The minimum atomic E-state index is -0.00494. The first-order valence-electron chi connectivity index (χ1n) is 10.1. The molecule has 5 nitrogen and oxygen atoms in total. The Morgan fingerprint density at radius 3 is 2.37 bits per heavy atom. The van der Waals surface area contributed by atoms with E-state index < -0.39 is 0 Å². The van der Waals surface area contributed by atoms with Gasteiger partial charge in [0.25, 0.3) is 5.91 Å². The summed E-state index contributed by atoms with van der Waals surface area (Å²) in [6.07, 6.45) is 3.98. The van der Waals surface area contributed by atoms with Gasteiger partial charge in [0.15, 0.2) is 0 Å². The van der Waals surface area contributed by atoms with Crippen molar-refractivity contribution in [1.29, 1.82) is 0 Å². The van der Waals surface area contributed by atoms with Gasteiger partial charge >= 0.3 is 0 Å². The number of hydrogen-bond acceptors (Lipinski definition) is 2. The van der Waals surface area contributed by atoms with Crippen LogP contribution in [-0.4, -0.2) is 32.2 Å². The third-order valence-electron chi connectivity index (χ3n) is 5.52. The summed E-state index contributed by atoms with van der Waals surface area (Å²) in [5.41, 5.74) is 6.91. The molecule has 0 spiro atoms. The number of rotatable bonds is 5. The molecule has 0 saturated carbocycles. The van der Waals surface area contributed by atoms with E-state index in [1.807, 2.05) is 96.3 Å². The monoisotopic (exact) mass is 398 g/mol. The molecule has 0 unspecified atom stereocenters. The molecule has 0 aliphatic rings. The average molecular weight is 399 g/mol. The van der Waals surface area contributed by atoms with Gasteiger partial charge in [0.1, 0.15) is 0 Å². The van der Waals surface area contributed by atoms with Crippen molar-refractivity contribution in [3.63, 3.8) is 0 Å². The average Bonchev–Trinajstić information content (AvgIpc) is 3.38. The van der Waals surface area contributed by atoms with Gasteiger partial charge in [-0.1, -0.05) is 24.3 Å². The first-order valence-corrected chi connectivity index (χ1v) is 10.1. The van der Waals surface area contributed by atoms with Crippen molar-refractivity contribution in [2.45, 2.75) is 27.3 Å². The lowest BCUT2D eigenvalue weighted by Crippen LogP contribution is -2.27. The topological polar surface area (TPSA) is 43.1 Å². The molecule has 30 heavy (non-hydrogen) atoms. The zero-order chi connectivity index (χ0) is 21.3. The third-order valence-corrected chi connectivity index (χ3v) is 5.52. The molecule has 4 rings (SSSR count). The second kappa shape index (κ2) is 8.03. The zero-order valence-corrected chi connectivity index (χ0v) is 17.8. The minimum absolute atomic E-state index is 0.00494. The summed E-state index contributed by atoms with van der Waals surface area (Å²) in [5, 5.41) is 4.70. The Hall–Kier alpha value is -3.60. The van der Waals surface area contributed by atoms with Crippen LogP contribution in [0.5, 0.6) is 0 Å². The first-order chi connectivity index (χ1) is 14.5. The Bertz CT molecular complexity index is 1170. The van der Waals surface area contributed by atoms with Crippen molar-refractivity contribution in [3.8, 4) is 11.4 Å². The fourth-order valence-corrected chi connectivity index (χ4v) is 3.77. The van der Waals surface area contributed by atoms with Crippen LogP contribution in [0, 0.1) is 20.8 Å². The number of benzene rings is 2. The maximum Gasteiger partial charge on any atom is 0.253 e.